The summed E-state index contributed by atoms with van der Waals surface area (Å²) < 4.78 is 2.32. The molecule has 1 heterocycles. The second-order valence-corrected chi connectivity index (χ2v) is 7.88. The van der Waals surface area contributed by atoms with Gasteiger partial charge in [0.1, 0.15) is 5.82 Å². The minimum Gasteiger partial charge on any atom is -0.331 e. The lowest BCUT2D eigenvalue weighted by atomic mass is 10.1. The highest BCUT2D eigenvalue weighted by molar-refractivity contribution is 5.56. The van der Waals surface area contributed by atoms with Crippen LogP contribution in [0.4, 0.5) is 0 Å². The first-order chi connectivity index (χ1) is 13.3. The molecule has 2 nitrogen and oxygen atoms in total. The largest absolute Gasteiger partial charge is 0.331 e. The Hall–Kier alpha value is -1.57. The van der Waals surface area contributed by atoms with E-state index in [0.717, 1.165) is 18.8 Å². The predicted octanol–water partition coefficient (Wildman–Crippen LogP) is 7.81. The number of unbranched alkanes of at least 4 members (excludes halogenated alkanes) is 11. The fourth-order valence-corrected chi connectivity index (χ4v) is 3.76. The third kappa shape index (κ3) is 8.32. The summed E-state index contributed by atoms with van der Waals surface area (Å²) in [5, 5.41) is 0. The van der Waals surface area contributed by atoms with Crippen LogP contribution < -0.4 is 0 Å². The predicted molar refractivity (Wildman–Crippen MR) is 118 cm³/mol. The average molecular weight is 369 g/mol. The minimum absolute atomic E-state index is 1.09. The van der Waals surface area contributed by atoms with E-state index in [4.69, 9.17) is 0 Å². The van der Waals surface area contributed by atoms with Gasteiger partial charge in [0.05, 0.1) is 0 Å². The normalized spacial score (nSPS) is 11.2. The van der Waals surface area contributed by atoms with E-state index in [0.29, 0.717) is 0 Å². The zero-order chi connectivity index (χ0) is 19.2. The van der Waals surface area contributed by atoms with Gasteiger partial charge in [0, 0.05) is 24.5 Å². The van der Waals surface area contributed by atoms with Crippen LogP contribution >= 0.6 is 0 Å². The molecule has 0 aliphatic rings. The molecule has 1 aromatic carbocycles. The van der Waals surface area contributed by atoms with Gasteiger partial charge in [-0.1, -0.05) is 109 Å². The highest BCUT2D eigenvalue weighted by Crippen LogP contribution is 2.19. The monoisotopic (exact) mass is 368 g/mol. The van der Waals surface area contributed by atoms with E-state index in [2.05, 4.69) is 53.9 Å². The molecule has 0 spiro atoms. The molecule has 2 rings (SSSR count). The second kappa shape index (κ2) is 13.6. The lowest BCUT2D eigenvalue weighted by Gasteiger charge is -2.08. The number of nitrogens with zero attached hydrogens (tertiary/aromatic N) is 2. The van der Waals surface area contributed by atoms with Crippen LogP contribution in [0.25, 0.3) is 11.4 Å². The van der Waals surface area contributed by atoms with Crippen LogP contribution in [-0.4, -0.2) is 9.55 Å². The van der Waals surface area contributed by atoms with Crippen molar-refractivity contribution >= 4 is 0 Å². The van der Waals surface area contributed by atoms with E-state index in [1.807, 2.05) is 6.20 Å². The van der Waals surface area contributed by atoms with Crippen molar-refractivity contribution < 1.29 is 0 Å². The molecule has 1 aromatic heterocycles. The van der Waals surface area contributed by atoms with Crippen molar-refractivity contribution in [1.82, 2.24) is 9.55 Å². The molecule has 2 heteroatoms. The molecule has 0 atom stereocenters. The van der Waals surface area contributed by atoms with Crippen LogP contribution in [0, 0.1) is 0 Å². The summed E-state index contributed by atoms with van der Waals surface area (Å²) in [6.07, 6.45) is 21.9. The standard InChI is InChI=1S/C25H40N2/c1-3-5-6-7-8-9-10-11-12-13-14-15-21-27-22-20-26-25(27)24-18-16-23(4-2)17-19-24/h16-20,22H,3-15,21H2,1-2H3. The first-order valence-corrected chi connectivity index (χ1v) is 11.5. The molecule has 0 saturated carbocycles. The van der Waals surface area contributed by atoms with Crippen molar-refractivity contribution in [3.8, 4) is 11.4 Å². The van der Waals surface area contributed by atoms with Crippen LogP contribution in [0.1, 0.15) is 96.5 Å². The summed E-state index contributed by atoms with van der Waals surface area (Å²) in [7, 11) is 0. The van der Waals surface area contributed by atoms with Gasteiger partial charge in [-0.25, -0.2) is 4.98 Å². The molecule has 0 unspecified atom stereocenters. The molecule has 27 heavy (non-hydrogen) atoms. The SMILES string of the molecule is CCCCCCCCCCCCCCn1ccnc1-c1ccc(CC)cc1. The summed E-state index contributed by atoms with van der Waals surface area (Å²) in [6.45, 7) is 5.57. The Morgan fingerprint density at radius 1 is 0.704 bits per heavy atom. The third-order valence-corrected chi connectivity index (χ3v) is 5.59. The summed E-state index contributed by atoms with van der Waals surface area (Å²) in [5.74, 6) is 1.11. The first-order valence-electron chi connectivity index (χ1n) is 11.5. The van der Waals surface area contributed by atoms with E-state index in [-0.39, 0.29) is 0 Å². The number of aromatic nitrogens is 2. The van der Waals surface area contributed by atoms with E-state index in [1.54, 1.807) is 0 Å². The molecular formula is C25H40N2. The second-order valence-electron chi connectivity index (χ2n) is 7.88. The smallest absolute Gasteiger partial charge is 0.139 e. The molecule has 0 aliphatic carbocycles. The summed E-state index contributed by atoms with van der Waals surface area (Å²) >= 11 is 0. The molecule has 2 aromatic rings. The van der Waals surface area contributed by atoms with Gasteiger partial charge in [0.2, 0.25) is 0 Å². The van der Waals surface area contributed by atoms with Crippen molar-refractivity contribution in [1.29, 1.82) is 0 Å². The number of rotatable bonds is 15. The summed E-state index contributed by atoms with van der Waals surface area (Å²) in [4.78, 5) is 4.58. The van der Waals surface area contributed by atoms with Gasteiger partial charge in [-0.05, 0) is 18.4 Å². The Bertz CT molecular complexity index is 597. The molecule has 150 valence electrons. The van der Waals surface area contributed by atoms with E-state index >= 15 is 0 Å². The zero-order valence-corrected chi connectivity index (χ0v) is 17.8. The molecule has 0 radical (unpaired) electrons. The molecule has 0 aliphatic heterocycles. The van der Waals surface area contributed by atoms with Crippen LogP contribution in [0.5, 0.6) is 0 Å². The van der Waals surface area contributed by atoms with E-state index < -0.39 is 0 Å². The van der Waals surface area contributed by atoms with Crippen molar-refractivity contribution in [3.05, 3.63) is 42.2 Å². The lowest BCUT2D eigenvalue weighted by molar-refractivity contribution is 0.529. The van der Waals surface area contributed by atoms with Crippen molar-refractivity contribution in [2.45, 2.75) is 104 Å². The van der Waals surface area contributed by atoms with Crippen molar-refractivity contribution in [2.75, 3.05) is 0 Å². The molecule has 0 saturated heterocycles. The van der Waals surface area contributed by atoms with Crippen molar-refractivity contribution in [2.24, 2.45) is 0 Å². The quantitative estimate of drug-likeness (QED) is 0.293. The van der Waals surface area contributed by atoms with E-state index in [1.165, 1.54) is 88.2 Å². The number of hydrogen-bond acceptors (Lipinski definition) is 1. The Kier molecular flexibility index (Phi) is 10.9. The third-order valence-electron chi connectivity index (χ3n) is 5.59. The number of imidazole rings is 1. The fraction of sp³-hybridized carbons (Fsp3) is 0.640. The Morgan fingerprint density at radius 3 is 1.81 bits per heavy atom. The van der Waals surface area contributed by atoms with Gasteiger partial charge < -0.3 is 4.57 Å². The fourth-order valence-electron chi connectivity index (χ4n) is 3.76. The van der Waals surface area contributed by atoms with Crippen LogP contribution in [0.2, 0.25) is 0 Å². The molecule has 0 fully saturated rings. The minimum atomic E-state index is 1.09. The number of hydrogen-bond donors (Lipinski definition) is 0. The molecule has 0 amide bonds. The summed E-state index contributed by atoms with van der Waals surface area (Å²) in [5.41, 5.74) is 2.62. The lowest BCUT2D eigenvalue weighted by Crippen LogP contribution is -2.00. The number of benzene rings is 1. The maximum absolute atomic E-state index is 4.58. The van der Waals surface area contributed by atoms with Gasteiger partial charge in [0.25, 0.3) is 0 Å². The van der Waals surface area contributed by atoms with Crippen LogP contribution in [0.15, 0.2) is 36.7 Å². The Morgan fingerprint density at radius 2 is 1.26 bits per heavy atom. The van der Waals surface area contributed by atoms with Gasteiger partial charge in [0.15, 0.2) is 0 Å². The Labute approximate surface area is 167 Å². The van der Waals surface area contributed by atoms with Gasteiger partial charge in [-0.15, -0.1) is 0 Å². The van der Waals surface area contributed by atoms with Crippen LogP contribution in [-0.2, 0) is 13.0 Å². The van der Waals surface area contributed by atoms with Gasteiger partial charge >= 0.3 is 0 Å². The van der Waals surface area contributed by atoms with Gasteiger partial charge in [-0.3, -0.25) is 0 Å². The number of aryl methyl sites for hydroxylation is 2. The molecular weight excluding hydrogens is 328 g/mol. The molecule has 0 N–H and O–H groups in total. The maximum atomic E-state index is 4.58. The van der Waals surface area contributed by atoms with Gasteiger partial charge in [-0.2, -0.15) is 0 Å². The topological polar surface area (TPSA) is 17.8 Å². The maximum Gasteiger partial charge on any atom is 0.139 e. The van der Waals surface area contributed by atoms with Crippen LogP contribution in [0.3, 0.4) is 0 Å². The highest BCUT2D eigenvalue weighted by atomic mass is 15.1. The summed E-state index contributed by atoms with van der Waals surface area (Å²) in [6, 6.07) is 8.86. The highest BCUT2D eigenvalue weighted by Gasteiger charge is 2.05. The van der Waals surface area contributed by atoms with E-state index in [9.17, 15) is 0 Å². The Balaban J connectivity index is 1.56. The first kappa shape index (κ1) is 21.7. The zero-order valence-electron chi connectivity index (χ0n) is 17.8. The van der Waals surface area contributed by atoms with Crippen molar-refractivity contribution in [3.63, 3.8) is 0 Å². The molecule has 0 bridgehead atoms. The average Bonchev–Trinajstić information content (AvgIpc) is 3.17.